The molecule has 120 valence electrons. The summed E-state index contributed by atoms with van der Waals surface area (Å²) in [4.78, 5) is 20.3. The summed E-state index contributed by atoms with van der Waals surface area (Å²) in [6, 6.07) is 13.3. The van der Waals surface area contributed by atoms with Crippen LogP contribution in [0.5, 0.6) is 0 Å². The van der Waals surface area contributed by atoms with E-state index in [1.807, 2.05) is 42.5 Å². The summed E-state index contributed by atoms with van der Waals surface area (Å²) < 4.78 is 6.29. The topological polar surface area (TPSA) is 93.4 Å². The number of halogens is 1. The summed E-state index contributed by atoms with van der Waals surface area (Å²) in [5.74, 6) is 0.167. The zero-order valence-electron chi connectivity index (χ0n) is 12.5. The van der Waals surface area contributed by atoms with Gasteiger partial charge in [-0.1, -0.05) is 28.1 Å². The number of aromatic nitrogens is 2. The molecule has 0 radical (unpaired) electrons. The zero-order chi connectivity index (χ0) is 16.7. The van der Waals surface area contributed by atoms with E-state index in [4.69, 9.17) is 10.5 Å². The van der Waals surface area contributed by atoms with E-state index in [0.717, 1.165) is 26.6 Å². The molecule has 1 aromatic heterocycles. The summed E-state index contributed by atoms with van der Waals surface area (Å²) in [7, 11) is 0. The van der Waals surface area contributed by atoms with Crippen LogP contribution in [0.3, 0.4) is 0 Å². The van der Waals surface area contributed by atoms with Crippen molar-refractivity contribution in [3.8, 4) is 0 Å². The Balaban J connectivity index is 1.79. The Kier molecular flexibility index (Phi) is 3.47. The molecule has 7 heteroatoms. The minimum absolute atomic E-state index is 0.302. The van der Waals surface area contributed by atoms with E-state index < -0.39 is 11.5 Å². The van der Waals surface area contributed by atoms with Crippen LogP contribution in [0.15, 0.2) is 53.3 Å². The molecule has 4 rings (SSSR count). The van der Waals surface area contributed by atoms with Crippen LogP contribution in [-0.2, 0) is 15.1 Å². The van der Waals surface area contributed by atoms with Gasteiger partial charge in [0.1, 0.15) is 12.1 Å². The minimum Gasteiger partial charge on any atom is -0.367 e. The average molecular weight is 385 g/mol. The van der Waals surface area contributed by atoms with Gasteiger partial charge in [0.05, 0.1) is 12.1 Å². The molecule has 24 heavy (non-hydrogen) atoms. The smallest absolute Gasteiger partial charge is 0.256 e. The van der Waals surface area contributed by atoms with Gasteiger partial charge in [0, 0.05) is 15.5 Å². The highest BCUT2D eigenvalue weighted by Gasteiger charge is 2.52. The molecule has 2 aromatic carbocycles. The van der Waals surface area contributed by atoms with Gasteiger partial charge in [0.15, 0.2) is 5.60 Å². The van der Waals surface area contributed by atoms with Gasteiger partial charge < -0.3 is 15.8 Å². The van der Waals surface area contributed by atoms with Gasteiger partial charge in [-0.05, 0) is 35.9 Å². The number of ether oxygens (including phenoxy) is 1. The lowest BCUT2D eigenvalue weighted by Gasteiger charge is -2.12. The normalized spacial score (nSPS) is 19.2. The molecule has 3 N–H and O–H groups in total. The van der Waals surface area contributed by atoms with Crippen molar-refractivity contribution >= 4 is 44.2 Å². The second-order valence-electron chi connectivity index (χ2n) is 5.57. The van der Waals surface area contributed by atoms with Gasteiger partial charge in [0.25, 0.3) is 5.91 Å². The number of nitrogens with one attached hydrogen (secondary N) is 1. The predicted octanol–water partition coefficient (Wildman–Crippen LogP) is 2.85. The molecule has 0 aliphatic carbocycles. The SMILES string of the molecule is NC(=O)C1(c2ccc3ncnc(Nc4cccc(Br)c4)c3c2)CO1. The second kappa shape index (κ2) is 5.54. The highest BCUT2D eigenvalue weighted by molar-refractivity contribution is 9.10. The van der Waals surface area contributed by atoms with Crippen molar-refractivity contribution in [3.63, 3.8) is 0 Å². The first-order chi connectivity index (χ1) is 11.6. The maximum absolute atomic E-state index is 11.7. The molecule has 1 saturated heterocycles. The fraction of sp³-hybridized carbons (Fsp3) is 0.118. The van der Waals surface area contributed by atoms with Gasteiger partial charge >= 0.3 is 0 Å². The van der Waals surface area contributed by atoms with Crippen LogP contribution in [-0.4, -0.2) is 22.5 Å². The third kappa shape index (κ3) is 2.51. The van der Waals surface area contributed by atoms with Crippen molar-refractivity contribution in [1.82, 2.24) is 9.97 Å². The fourth-order valence-corrected chi connectivity index (χ4v) is 3.03. The molecule has 2 heterocycles. The van der Waals surface area contributed by atoms with Crippen molar-refractivity contribution in [2.24, 2.45) is 5.73 Å². The number of epoxide rings is 1. The number of fused-ring (bicyclic) bond motifs is 1. The minimum atomic E-state index is -1.02. The molecular formula is C17H13BrN4O2. The fourth-order valence-electron chi connectivity index (χ4n) is 2.63. The number of carbonyl (C=O) groups excluding carboxylic acids is 1. The molecule has 0 spiro atoms. The quantitative estimate of drug-likeness (QED) is 0.674. The Labute approximate surface area is 146 Å². The Morgan fingerprint density at radius 2 is 2.08 bits per heavy atom. The van der Waals surface area contributed by atoms with Gasteiger partial charge in [0.2, 0.25) is 0 Å². The third-order valence-electron chi connectivity index (χ3n) is 4.02. The molecule has 1 aliphatic rings. The first kappa shape index (κ1) is 15.0. The first-order valence-corrected chi connectivity index (χ1v) is 8.09. The molecular weight excluding hydrogens is 372 g/mol. The molecule has 0 saturated carbocycles. The van der Waals surface area contributed by atoms with E-state index in [0.29, 0.717) is 12.4 Å². The number of benzene rings is 2. The monoisotopic (exact) mass is 384 g/mol. The summed E-state index contributed by atoms with van der Waals surface area (Å²) >= 11 is 3.45. The maximum atomic E-state index is 11.7. The Bertz CT molecular complexity index is 956. The van der Waals surface area contributed by atoms with E-state index in [1.54, 1.807) is 0 Å². The number of hydrogen-bond acceptors (Lipinski definition) is 5. The lowest BCUT2D eigenvalue weighted by Crippen LogP contribution is -2.29. The second-order valence-corrected chi connectivity index (χ2v) is 6.49. The molecule has 3 aromatic rings. The molecule has 1 aliphatic heterocycles. The van der Waals surface area contributed by atoms with Crippen molar-refractivity contribution < 1.29 is 9.53 Å². The number of amides is 1. The number of hydrogen-bond donors (Lipinski definition) is 2. The van der Waals surface area contributed by atoms with E-state index in [9.17, 15) is 4.79 Å². The summed E-state index contributed by atoms with van der Waals surface area (Å²) in [6.07, 6.45) is 1.50. The van der Waals surface area contributed by atoms with Crippen LogP contribution in [0, 0.1) is 0 Å². The molecule has 0 bridgehead atoms. The maximum Gasteiger partial charge on any atom is 0.256 e. The first-order valence-electron chi connectivity index (χ1n) is 7.30. The van der Waals surface area contributed by atoms with Crippen LogP contribution in [0.25, 0.3) is 10.9 Å². The molecule has 1 fully saturated rings. The lowest BCUT2D eigenvalue weighted by atomic mass is 9.97. The van der Waals surface area contributed by atoms with E-state index in [2.05, 4.69) is 31.2 Å². The van der Waals surface area contributed by atoms with Crippen LogP contribution in [0.2, 0.25) is 0 Å². The van der Waals surface area contributed by atoms with Crippen LogP contribution in [0.4, 0.5) is 11.5 Å². The standard InChI is InChI=1S/C17H13BrN4O2/c18-11-2-1-3-12(7-11)22-15-13-6-10(17(8-24-17)16(19)23)4-5-14(13)20-9-21-15/h1-7,9H,8H2,(H2,19,23)(H,20,21,22). The summed E-state index contributed by atoms with van der Waals surface area (Å²) in [5.41, 5.74) is 6.83. The van der Waals surface area contributed by atoms with Gasteiger partial charge in [-0.15, -0.1) is 0 Å². The summed E-state index contributed by atoms with van der Waals surface area (Å²) in [5, 5.41) is 4.08. The Morgan fingerprint density at radius 1 is 1.25 bits per heavy atom. The van der Waals surface area contributed by atoms with Gasteiger partial charge in [-0.3, -0.25) is 4.79 Å². The van der Waals surface area contributed by atoms with Gasteiger partial charge in [-0.2, -0.15) is 0 Å². The number of nitrogens with zero attached hydrogens (tertiary/aromatic N) is 2. The molecule has 1 amide bonds. The van der Waals surface area contributed by atoms with E-state index in [-0.39, 0.29) is 0 Å². The van der Waals surface area contributed by atoms with Crippen molar-refractivity contribution in [2.45, 2.75) is 5.60 Å². The van der Waals surface area contributed by atoms with E-state index >= 15 is 0 Å². The summed E-state index contributed by atoms with van der Waals surface area (Å²) in [6.45, 7) is 0.302. The molecule has 1 unspecified atom stereocenters. The molecule has 6 nitrogen and oxygen atoms in total. The number of rotatable bonds is 4. The highest BCUT2D eigenvalue weighted by atomic mass is 79.9. The average Bonchev–Trinajstić information content (AvgIpc) is 3.37. The third-order valence-corrected chi connectivity index (χ3v) is 4.51. The highest BCUT2D eigenvalue weighted by Crippen LogP contribution is 2.40. The van der Waals surface area contributed by atoms with Gasteiger partial charge in [-0.25, -0.2) is 9.97 Å². The zero-order valence-corrected chi connectivity index (χ0v) is 14.1. The largest absolute Gasteiger partial charge is 0.367 e. The number of nitrogens with two attached hydrogens (primary N) is 1. The predicted molar refractivity (Wildman–Crippen MR) is 93.8 cm³/mol. The van der Waals surface area contributed by atoms with Crippen LogP contribution >= 0.6 is 15.9 Å². The van der Waals surface area contributed by atoms with Crippen molar-refractivity contribution in [2.75, 3.05) is 11.9 Å². The number of primary amides is 1. The number of carbonyl (C=O) groups is 1. The number of anilines is 2. The van der Waals surface area contributed by atoms with Crippen LogP contribution in [0.1, 0.15) is 5.56 Å². The van der Waals surface area contributed by atoms with E-state index in [1.165, 1.54) is 6.33 Å². The molecule has 1 atom stereocenters. The van der Waals surface area contributed by atoms with Crippen molar-refractivity contribution in [3.05, 3.63) is 58.8 Å². The van der Waals surface area contributed by atoms with Crippen LogP contribution < -0.4 is 11.1 Å². The Hall–Kier alpha value is -2.51. The lowest BCUT2D eigenvalue weighted by molar-refractivity contribution is -0.123. The Morgan fingerprint density at radius 3 is 2.79 bits per heavy atom. The van der Waals surface area contributed by atoms with Crippen molar-refractivity contribution in [1.29, 1.82) is 0 Å².